The molecule has 0 radical (unpaired) electrons. The van der Waals surface area contributed by atoms with Crippen LogP contribution in [0.1, 0.15) is 13.8 Å². The van der Waals surface area contributed by atoms with Crippen molar-refractivity contribution in [2.75, 3.05) is 26.2 Å². The Morgan fingerprint density at radius 3 is 2.94 bits per heavy atom. The molecule has 1 aromatic heterocycles. The number of imidazole rings is 1. The molecule has 2 aliphatic rings. The van der Waals surface area contributed by atoms with Crippen molar-refractivity contribution in [3.8, 4) is 0 Å². The van der Waals surface area contributed by atoms with Crippen LogP contribution in [0.15, 0.2) is 18.7 Å². The average molecular weight is 234 g/mol. The number of nitrogens with one attached hydrogen (secondary N) is 1. The van der Waals surface area contributed by atoms with Crippen LogP contribution in [-0.2, 0) is 6.54 Å². The fraction of sp³-hybridized carbons (Fsp3) is 0.769. The summed E-state index contributed by atoms with van der Waals surface area (Å²) in [6.07, 6.45) is 5.81. The highest BCUT2D eigenvalue weighted by Gasteiger charge is 2.48. The third-order valence-electron chi connectivity index (χ3n) is 4.70. The maximum atomic E-state index is 4.10. The van der Waals surface area contributed by atoms with Crippen LogP contribution < -0.4 is 5.32 Å². The highest BCUT2D eigenvalue weighted by Crippen LogP contribution is 2.40. The summed E-state index contributed by atoms with van der Waals surface area (Å²) < 4.78 is 2.17. The van der Waals surface area contributed by atoms with E-state index in [2.05, 4.69) is 33.6 Å². The smallest absolute Gasteiger partial charge is 0.0946 e. The Morgan fingerprint density at radius 2 is 2.24 bits per heavy atom. The van der Waals surface area contributed by atoms with Gasteiger partial charge in [-0.25, -0.2) is 4.98 Å². The molecule has 0 aliphatic carbocycles. The quantitative estimate of drug-likeness (QED) is 0.840. The van der Waals surface area contributed by atoms with E-state index in [4.69, 9.17) is 0 Å². The minimum absolute atomic E-state index is 0.342. The van der Waals surface area contributed by atoms with Crippen LogP contribution in [0.3, 0.4) is 0 Å². The summed E-state index contributed by atoms with van der Waals surface area (Å²) in [6.45, 7) is 10.6. The lowest BCUT2D eigenvalue weighted by atomic mass is 9.85. The summed E-state index contributed by atoms with van der Waals surface area (Å²) in [5.41, 5.74) is 0.342. The second-order valence-corrected chi connectivity index (χ2v) is 5.93. The van der Waals surface area contributed by atoms with Crippen LogP contribution in [0.2, 0.25) is 0 Å². The van der Waals surface area contributed by atoms with E-state index < -0.39 is 0 Å². The van der Waals surface area contributed by atoms with Crippen molar-refractivity contribution in [3.63, 3.8) is 0 Å². The van der Waals surface area contributed by atoms with Crippen molar-refractivity contribution in [2.24, 2.45) is 11.8 Å². The lowest BCUT2D eigenvalue weighted by molar-refractivity contribution is 0.135. The van der Waals surface area contributed by atoms with Crippen molar-refractivity contribution in [2.45, 2.75) is 25.9 Å². The van der Waals surface area contributed by atoms with Crippen LogP contribution in [0.25, 0.3) is 0 Å². The summed E-state index contributed by atoms with van der Waals surface area (Å²) in [5, 5.41) is 3.53. The predicted molar refractivity (Wildman–Crippen MR) is 67.7 cm³/mol. The first kappa shape index (κ1) is 11.2. The Morgan fingerprint density at radius 1 is 1.35 bits per heavy atom. The molecule has 0 aromatic carbocycles. The molecule has 2 atom stereocenters. The number of hydrogen-bond acceptors (Lipinski definition) is 3. The maximum Gasteiger partial charge on any atom is 0.0946 e. The monoisotopic (exact) mass is 234 g/mol. The number of aromatic nitrogens is 2. The molecule has 0 saturated carbocycles. The largest absolute Gasteiger partial charge is 0.336 e. The topological polar surface area (TPSA) is 33.1 Å². The van der Waals surface area contributed by atoms with Gasteiger partial charge in [-0.05, 0) is 32.2 Å². The molecule has 0 bridgehead atoms. The van der Waals surface area contributed by atoms with Gasteiger partial charge in [0.25, 0.3) is 0 Å². The van der Waals surface area contributed by atoms with Gasteiger partial charge in [0.05, 0.1) is 6.33 Å². The summed E-state index contributed by atoms with van der Waals surface area (Å²) in [5.74, 6) is 1.68. The second-order valence-electron chi connectivity index (χ2n) is 5.93. The van der Waals surface area contributed by atoms with Crippen molar-refractivity contribution in [3.05, 3.63) is 18.7 Å². The van der Waals surface area contributed by atoms with E-state index in [-0.39, 0.29) is 0 Å². The van der Waals surface area contributed by atoms with Crippen LogP contribution in [0.4, 0.5) is 0 Å². The molecule has 4 heteroatoms. The van der Waals surface area contributed by atoms with Crippen LogP contribution in [0, 0.1) is 11.8 Å². The van der Waals surface area contributed by atoms with E-state index >= 15 is 0 Å². The molecule has 3 heterocycles. The van der Waals surface area contributed by atoms with Crippen LogP contribution in [-0.4, -0.2) is 46.2 Å². The fourth-order valence-corrected chi connectivity index (χ4v) is 3.54. The van der Waals surface area contributed by atoms with Gasteiger partial charge in [-0.1, -0.05) is 0 Å². The summed E-state index contributed by atoms with van der Waals surface area (Å²) in [7, 11) is 0. The maximum absolute atomic E-state index is 4.10. The average Bonchev–Trinajstić information content (AvgIpc) is 2.96. The number of nitrogens with zero attached hydrogens (tertiary/aromatic N) is 3. The van der Waals surface area contributed by atoms with Gasteiger partial charge in [0, 0.05) is 44.1 Å². The first-order valence-electron chi connectivity index (χ1n) is 6.59. The molecule has 0 amide bonds. The van der Waals surface area contributed by atoms with Gasteiger partial charge in [-0.15, -0.1) is 0 Å². The van der Waals surface area contributed by atoms with E-state index in [0.717, 1.165) is 24.9 Å². The Bertz CT molecular complexity index is 371. The predicted octanol–water partition coefficient (Wildman–Crippen LogP) is 0.813. The van der Waals surface area contributed by atoms with Gasteiger partial charge in [0.1, 0.15) is 0 Å². The SMILES string of the molecule is CC1(C)C2CNCC2CN1CCn1ccnc1. The Labute approximate surface area is 103 Å². The number of fused-ring (bicyclic) bond motifs is 1. The second kappa shape index (κ2) is 4.10. The first-order valence-corrected chi connectivity index (χ1v) is 6.59. The molecule has 4 nitrogen and oxygen atoms in total. The van der Waals surface area contributed by atoms with Crippen LogP contribution in [0.5, 0.6) is 0 Å². The molecule has 1 N–H and O–H groups in total. The Hall–Kier alpha value is -0.870. The van der Waals surface area contributed by atoms with Crippen LogP contribution >= 0.6 is 0 Å². The minimum atomic E-state index is 0.342. The summed E-state index contributed by atoms with van der Waals surface area (Å²) >= 11 is 0. The third-order valence-corrected chi connectivity index (χ3v) is 4.70. The van der Waals surface area contributed by atoms with Gasteiger partial charge in [0.15, 0.2) is 0 Å². The molecule has 0 spiro atoms. The lowest BCUT2D eigenvalue weighted by Gasteiger charge is -2.35. The Kier molecular flexibility index (Phi) is 2.71. The molecule has 2 saturated heterocycles. The van der Waals surface area contributed by atoms with Crippen molar-refractivity contribution >= 4 is 0 Å². The molecular weight excluding hydrogens is 212 g/mol. The molecule has 1 aromatic rings. The van der Waals surface area contributed by atoms with E-state index in [0.29, 0.717) is 5.54 Å². The summed E-state index contributed by atoms with van der Waals surface area (Å²) in [6, 6.07) is 0. The highest BCUT2D eigenvalue weighted by atomic mass is 15.3. The molecule has 2 aliphatic heterocycles. The van der Waals surface area contributed by atoms with Crippen molar-refractivity contribution in [1.82, 2.24) is 19.8 Å². The van der Waals surface area contributed by atoms with Gasteiger partial charge < -0.3 is 9.88 Å². The zero-order valence-corrected chi connectivity index (χ0v) is 10.8. The molecular formula is C13H22N4. The Balaban J connectivity index is 1.64. The lowest BCUT2D eigenvalue weighted by Crippen LogP contribution is -2.45. The van der Waals surface area contributed by atoms with Crippen molar-refractivity contribution < 1.29 is 0 Å². The number of hydrogen-bond donors (Lipinski definition) is 1. The number of likely N-dealkylation sites (tertiary alicyclic amines) is 1. The molecule has 17 heavy (non-hydrogen) atoms. The van der Waals surface area contributed by atoms with Crippen molar-refractivity contribution in [1.29, 1.82) is 0 Å². The molecule has 3 rings (SSSR count). The van der Waals surface area contributed by atoms with E-state index in [9.17, 15) is 0 Å². The number of rotatable bonds is 3. The third kappa shape index (κ3) is 1.89. The zero-order chi connectivity index (χ0) is 11.9. The molecule has 94 valence electrons. The van der Waals surface area contributed by atoms with E-state index in [1.54, 1.807) is 0 Å². The normalized spacial score (nSPS) is 31.9. The molecule has 2 unspecified atom stereocenters. The van der Waals surface area contributed by atoms with Gasteiger partial charge >= 0.3 is 0 Å². The van der Waals surface area contributed by atoms with Gasteiger partial charge in [-0.2, -0.15) is 0 Å². The highest BCUT2D eigenvalue weighted by molar-refractivity contribution is 5.04. The summed E-state index contributed by atoms with van der Waals surface area (Å²) in [4.78, 5) is 6.75. The van der Waals surface area contributed by atoms with E-state index in [1.165, 1.54) is 19.6 Å². The first-order chi connectivity index (χ1) is 8.18. The van der Waals surface area contributed by atoms with Gasteiger partial charge in [-0.3, -0.25) is 4.90 Å². The minimum Gasteiger partial charge on any atom is -0.336 e. The standard InChI is InChI=1S/C13H22N4/c1-13(2)12-8-15-7-11(12)9-17(13)6-5-16-4-3-14-10-16/h3-4,10-12,15H,5-9H2,1-2H3. The fourth-order valence-electron chi connectivity index (χ4n) is 3.54. The zero-order valence-electron chi connectivity index (χ0n) is 10.8. The molecule has 2 fully saturated rings. The van der Waals surface area contributed by atoms with Gasteiger partial charge in [0.2, 0.25) is 0 Å². The van der Waals surface area contributed by atoms with E-state index in [1.807, 2.05) is 18.7 Å².